The number of halogens is 1. The van der Waals surface area contributed by atoms with Crippen LogP contribution >= 0.6 is 0 Å². The summed E-state index contributed by atoms with van der Waals surface area (Å²) in [7, 11) is -3.65. The van der Waals surface area contributed by atoms with E-state index in [1.807, 2.05) is 0 Å². The highest BCUT2D eigenvalue weighted by atomic mass is 32.2. The molecule has 160 valence electrons. The lowest BCUT2D eigenvalue weighted by atomic mass is 10.0. The van der Waals surface area contributed by atoms with E-state index in [0.29, 0.717) is 25.9 Å². The van der Waals surface area contributed by atoms with Crippen molar-refractivity contribution < 1.29 is 22.4 Å². The SMILES string of the molecule is CCNS(=O)(=O)c1cccc(C(=O)NC2CCN(C(=O)c3ccccc3F)CC2)c1. The number of carbonyl (C=O) groups is 2. The summed E-state index contributed by atoms with van der Waals surface area (Å²) in [5, 5.41) is 2.89. The van der Waals surface area contributed by atoms with Crippen molar-refractivity contribution in [2.24, 2.45) is 0 Å². The lowest BCUT2D eigenvalue weighted by molar-refractivity contribution is 0.0693. The van der Waals surface area contributed by atoms with Gasteiger partial charge < -0.3 is 10.2 Å². The maximum absolute atomic E-state index is 13.8. The minimum Gasteiger partial charge on any atom is -0.349 e. The first-order valence-corrected chi connectivity index (χ1v) is 11.2. The number of nitrogens with one attached hydrogen (secondary N) is 2. The Kier molecular flexibility index (Phi) is 6.84. The molecule has 2 aromatic rings. The van der Waals surface area contributed by atoms with Crippen LogP contribution in [0.5, 0.6) is 0 Å². The molecule has 2 N–H and O–H groups in total. The Bertz CT molecular complexity index is 1030. The van der Waals surface area contributed by atoms with Crippen molar-refractivity contribution in [3.8, 4) is 0 Å². The molecule has 30 heavy (non-hydrogen) atoms. The fourth-order valence-corrected chi connectivity index (χ4v) is 4.47. The minimum absolute atomic E-state index is 0.0299. The van der Waals surface area contributed by atoms with E-state index in [0.717, 1.165) is 0 Å². The Labute approximate surface area is 175 Å². The van der Waals surface area contributed by atoms with E-state index in [1.54, 1.807) is 24.0 Å². The van der Waals surface area contributed by atoms with E-state index < -0.39 is 15.8 Å². The van der Waals surface area contributed by atoms with Crippen LogP contribution < -0.4 is 10.0 Å². The number of likely N-dealkylation sites (tertiary alicyclic amines) is 1. The third-order valence-corrected chi connectivity index (χ3v) is 6.51. The second-order valence-corrected chi connectivity index (χ2v) is 8.82. The summed E-state index contributed by atoms with van der Waals surface area (Å²) in [6, 6.07) is 11.6. The average Bonchev–Trinajstić information content (AvgIpc) is 2.74. The highest BCUT2D eigenvalue weighted by Gasteiger charge is 2.26. The molecule has 0 unspecified atom stereocenters. The van der Waals surface area contributed by atoms with Crippen LogP contribution in [-0.4, -0.2) is 50.8 Å². The number of carbonyl (C=O) groups excluding carboxylic acids is 2. The van der Waals surface area contributed by atoms with Crippen LogP contribution in [0, 0.1) is 5.82 Å². The summed E-state index contributed by atoms with van der Waals surface area (Å²) in [6.45, 7) is 2.72. The highest BCUT2D eigenvalue weighted by Crippen LogP contribution is 2.17. The molecular formula is C21H24FN3O4S. The second kappa shape index (κ2) is 9.36. The van der Waals surface area contributed by atoms with Crippen molar-refractivity contribution in [3.05, 3.63) is 65.5 Å². The van der Waals surface area contributed by atoms with Gasteiger partial charge in [-0.15, -0.1) is 0 Å². The Morgan fingerprint density at radius 2 is 1.80 bits per heavy atom. The summed E-state index contributed by atoms with van der Waals surface area (Å²) < 4.78 is 40.5. The number of nitrogens with zero attached hydrogens (tertiary/aromatic N) is 1. The van der Waals surface area contributed by atoms with Crippen LogP contribution in [0.2, 0.25) is 0 Å². The van der Waals surface area contributed by atoms with E-state index in [1.165, 1.54) is 36.4 Å². The molecule has 2 aromatic carbocycles. The molecular weight excluding hydrogens is 409 g/mol. The monoisotopic (exact) mass is 433 g/mol. The fourth-order valence-electron chi connectivity index (χ4n) is 3.38. The zero-order valence-electron chi connectivity index (χ0n) is 16.6. The molecule has 1 aliphatic heterocycles. The first kappa shape index (κ1) is 21.9. The van der Waals surface area contributed by atoms with E-state index in [-0.39, 0.29) is 40.4 Å². The summed E-state index contributed by atoms with van der Waals surface area (Å²) in [5.41, 5.74) is 0.289. The molecule has 2 amide bonds. The molecule has 1 fully saturated rings. The lowest BCUT2D eigenvalue weighted by Crippen LogP contribution is -2.46. The molecule has 0 aromatic heterocycles. The molecule has 0 saturated carbocycles. The Morgan fingerprint density at radius 1 is 1.10 bits per heavy atom. The van der Waals surface area contributed by atoms with Gasteiger partial charge in [0.15, 0.2) is 0 Å². The molecule has 3 rings (SSSR count). The van der Waals surface area contributed by atoms with Crippen LogP contribution in [0.1, 0.15) is 40.5 Å². The molecule has 7 nitrogen and oxygen atoms in total. The van der Waals surface area contributed by atoms with Gasteiger partial charge in [-0.2, -0.15) is 0 Å². The van der Waals surface area contributed by atoms with E-state index >= 15 is 0 Å². The fraction of sp³-hybridized carbons (Fsp3) is 0.333. The quantitative estimate of drug-likeness (QED) is 0.730. The molecule has 0 radical (unpaired) electrons. The number of hydrogen-bond donors (Lipinski definition) is 2. The minimum atomic E-state index is -3.65. The molecule has 1 aliphatic rings. The van der Waals surface area contributed by atoms with Crippen molar-refractivity contribution in [2.75, 3.05) is 19.6 Å². The number of rotatable bonds is 6. The van der Waals surface area contributed by atoms with Crippen molar-refractivity contribution in [1.82, 2.24) is 14.9 Å². The number of hydrogen-bond acceptors (Lipinski definition) is 4. The van der Waals surface area contributed by atoms with Gasteiger partial charge in [-0.1, -0.05) is 25.1 Å². The standard InChI is InChI=1S/C21H24FN3O4S/c1-2-23-30(28,29)17-7-5-6-15(14-17)20(26)24-16-10-12-25(13-11-16)21(27)18-8-3-4-9-19(18)22/h3-9,14,16,23H,2,10-13H2,1H3,(H,24,26). The first-order valence-electron chi connectivity index (χ1n) is 9.76. The third-order valence-electron chi connectivity index (χ3n) is 4.96. The number of benzene rings is 2. The zero-order chi connectivity index (χ0) is 21.7. The van der Waals surface area contributed by atoms with Crippen LogP contribution in [0.15, 0.2) is 53.4 Å². The molecule has 0 atom stereocenters. The smallest absolute Gasteiger partial charge is 0.256 e. The van der Waals surface area contributed by atoms with Crippen molar-refractivity contribution >= 4 is 21.8 Å². The summed E-state index contributed by atoms with van der Waals surface area (Å²) in [4.78, 5) is 26.7. The van der Waals surface area contributed by atoms with Gasteiger partial charge in [0.05, 0.1) is 10.5 Å². The van der Waals surface area contributed by atoms with Gasteiger partial charge in [-0.25, -0.2) is 17.5 Å². The number of sulfonamides is 1. The zero-order valence-corrected chi connectivity index (χ0v) is 17.4. The molecule has 9 heteroatoms. The average molecular weight is 434 g/mol. The summed E-state index contributed by atoms with van der Waals surface area (Å²) >= 11 is 0. The molecule has 0 aliphatic carbocycles. The maximum atomic E-state index is 13.8. The molecule has 0 spiro atoms. The predicted octanol–water partition coefficient (Wildman–Crippen LogP) is 2.16. The van der Waals surface area contributed by atoms with Gasteiger partial charge in [-0.05, 0) is 43.2 Å². The Morgan fingerprint density at radius 3 is 2.47 bits per heavy atom. The molecule has 1 heterocycles. The normalized spacial score (nSPS) is 15.1. The highest BCUT2D eigenvalue weighted by molar-refractivity contribution is 7.89. The van der Waals surface area contributed by atoms with Gasteiger partial charge in [-0.3, -0.25) is 9.59 Å². The lowest BCUT2D eigenvalue weighted by Gasteiger charge is -2.32. The topological polar surface area (TPSA) is 95.6 Å². The van der Waals surface area contributed by atoms with Gasteiger partial charge in [0, 0.05) is 31.2 Å². The largest absolute Gasteiger partial charge is 0.349 e. The van der Waals surface area contributed by atoms with Crippen LogP contribution in [0.4, 0.5) is 4.39 Å². The van der Waals surface area contributed by atoms with E-state index in [4.69, 9.17) is 0 Å². The van der Waals surface area contributed by atoms with Crippen LogP contribution in [-0.2, 0) is 10.0 Å². The maximum Gasteiger partial charge on any atom is 0.256 e. The summed E-state index contributed by atoms with van der Waals surface area (Å²) in [6.07, 6.45) is 1.06. The van der Waals surface area contributed by atoms with Crippen molar-refractivity contribution in [3.63, 3.8) is 0 Å². The number of amides is 2. The van der Waals surface area contributed by atoms with Gasteiger partial charge in [0.25, 0.3) is 11.8 Å². The van der Waals surface area contributed by atoms with E-state index in [9.17, 15) is 22.4 Å². The second-order valence-electron chi connectivity index (χ2n) is 7.05. The van der Waals surface area contributed by atoms with Crippen molar-refractivity contribution in [2.45, 2.75) is 30.7 Å². The third kappa shape index (κ3) is 5.03. The first-order chi connectivity index (χ1) is 14.3. The molecule has 1 saturated heterocycles. The van der Waals surface area contributed by atoms with Crippen LogP contribution in [0.25, 0.3) is 0 Å². The van der Waals surface area contributed by atoms with Crippen molar-refractivity contribution in [1.29, 1.82) is 0 Å². The van der Waals surface area contributed by atoms with Gasteiger partial charge >= 0.3 is 0 Å². The van der Waals surface area contributed by atoms with Gasteiger partial charge in [0.1, 0.15) is 5.82 Å². The number of piperidine rings is 1. The van der Waals surface area contributed by atoms with Crippen LogP contribution in [0.3, 0.4) is 0 Å². The van der Waals surface area contributed by atoms with Gasteiger partial charge in [0.2, 0.25) is 10.0 Å². The molecule has 0 bridgehead atoms. The van der Waals surface area contributed by atoms with E-state index in [2.05, 4.69) is 10.0 Å². The predicted molar refractivity (Wildman–Crippen MR) is 110 cm³/mol. The Balaban J connectivity index is 1.59. The summed E-state index contributed by atoms with van der Waals surface area (Å²) in [5.74, 6) is -1.29. The Hall–Kier alpha value is -2.78.